The van der Waals surface area contributed by atoms with Crippen molar-refractivity contribution in [2.45, 2.75) is 6.42 Å². The van der Waals surface area contributed by atoms with E-state index in [9.17, 15) is 4.79 Å². The Kier molecular flexibility index (Phi) is 3.43. The number of anilines is 1. The molecule has 0 saturated carbocycles. The highest BCUT2D eigenvalue weighted by atomic mass is 32.1. The molecule has 0 aliphatic carbocycles. The topological polar surface area (TPSA) is 72.9 Å². The van der Waals surface area contributed by atoms with Crippen LogP contribution in [0.4, 0.5) is 5.69 Å². The van der Waals surface area contributed by atoms with Crippen LogP contribution in [0, 0.1) is 0 Å². The largest absolute Gasteiger partial charge is 0.397 e. The minimum atomic E-state index is -0.112. The fourth-order valence-electron chi connectivity index (χ4n) is 1.57. The van der Waals surface area contributed by atoms with Crippen molar-refractivity contribution in [2.75, 3.05) is 12.3 Å². The zero-order valence-electron chi connectivity index (χ0n) is 9.51. The van der Waals surface area contributed by atoms with Crippen molar-refractivity contribution < 1.29 is 4.79 Å². The Hall–Kier alpha value is -1.82. The normalized spacial score (nSPS) is 10.4. The molecule has 2 aromatic rings. The SMILES string of the molecule is Cn1cc(N)cc1C(=O)NCCc1cscn1. The highest BCUT2D eigenvalue weighted by Gasteiger charge is 2.09. The summed E-state index contributed by atoms with van der Waals surface area (Å²) in [7, 11) is 1.80. The number of aromatic nitrogens is 2. The van der Waals surface area contributed by atoms with Gasteiger partial charge in [0.25, 0.3) is 5.91 Å². The molecule has 0 atom stereocenters. The van der Waals surface area contributed by atoms with Crippen LogP contribution in [0.25, 0.3) is 0 Å². The molecule has 90 valence electrons. The number of nitrogens with zero attached hydrogens (tertiary/aromatic N) is 2. The Labute approximate surface area is 103 Å². The number of hydrogen-bond donors (Lipinski definition) is 2. The van der Waals surface area contributed by atoms with Gasteiger partial charge < -0.3 is 15.6 Å². The number of nitrogens with one attached hydrogen (secondary N) is 1. The number of thiazole rings is 1. The second-order valence-corrected chi connectivity index (χ2v) is 4.47. The van der Waals surface area contributed by atoms with Crippen LogP contribution in [0.5, 0.6) is 0 Å². The third-order valence-corrected chi connectivity index (χ3v) is 3.04. The molecule has 2 rings (SSSR count). The monoisotopic (exact) mass is 250 g/mol. The zero-order chi connectivity index (χ0) is 12.3. The molecule has 0 fully saturated rings. The number of carbonyl (C=O) groups is 1. The average molecular weight is 250 g/mol. The fourth-order valence-corrected chi connectivity index (χ4v) is 2.16. The standard InChI is InChI=1S/C11H14N4OS/c1-15-5-8(12)4-10(15)11(16)13-3-2-9-6-17-7-14-9/h4-7H,2-3,12H2,1H3,(H,13,16). The number of nitrogens with two attached hydrogens (primary N) is 1. The molecule has 5 nitrogen and oxygen atoms in total. The minimum Gasteiger partial charge on any atom is -0.397 e. The van der Waals surface area contributed by atoms with Crippen molar-refractivity contribution in [3.63, 3.8) is 0 Å². The van der Waals surface area contributed by atoms with Gasteiger partial charge in [0, 0.05) is 31.6 Å². The van der Waals surface area contributed by atoms with E-state index in [1.54, 1.807) is 40.7 Å². The fraction of sp³-hybridized carbons (Fsp3) is 0.273. The predicted octanol–water partition coefficient (Wildman–Crippen LogP) is 1.04. The summed E-state index contributed by atoms with van der Waals surface area (Å²) in [6.07, 6.45) is 2.46. The van der Waals surface area contributed by atoms with E-state index in [1.165, 1.54) is 0 Å². The highest BCUT2D eigenvalue weighted by molar-refractivity contribution is 7.07. The molecule has 1 amide bonds. The van der Waals surface area contributed by atoms with Crippen molar-refractivity contribution in [1.82, 2.24) is 14.9 Å². The minimum absolute atomic E-state index is 0.112. The van der Waals surface area contributed by atoms with Gasteiger partial charge in [0.2, 0.25) is 0 Å². The molecule has 0 aliphatic rings. The van der Waals surface area contributed by atoms with Gasteiger partial charge in [-0.3, -0.25) is 4.79 Å². The van der Waals surface area contributed by atoms with Gasteiger partial charge in [-0.2, -0.15) is 0 Å². The van der Waals surface area contributed by atoms with Gasteiger partial charge in [-0.25, -0.2) is 4.98 Å². The van der Waals surface area contributed by atoms with Crippen LogP contribution in [0.1, 0.15) is 16.2 Å². The molecular formula is C11H14N4OS. The third kappa shape index (κ3) is 2.85. The number of amides is 1. The quantitative estimate of drug-likeness (QED) is 0.851. The van der Waals surface area contributed by atoms with E-state index in [0.717, 1.165) is 12.1 Å². The maximum absolute atomic E-state index is 11.8. The maximum atomic E-state index is 11.8. The highest BCUT2D eigenvalue weighted by Crippen LogP contribution is 2.08. The van der Waals surface area contributed by atoms with Gasteiger partial charge >= 0.3 is 0 Å². The summed E-state index contributed by atoms with van der Waals surface area (Å²) in [4.78, 5) is 16.0. The molecule has 0 radical (unpaired) electrons. The van der Waals surface area contributed by atoms with E-state index in [1.807, 2.05) is 5.38 Å². The van der Waals surface area contributed by atoms with Gasteiger partial charge in [-0.15, -0.1) is 11.3 Å². The molecule has 2 heterocycles. The van der Waals surface area contributed by atoms with E-state index >= 15 is 0 Å². The predicted molar refractivity (Wildman–Crippen MR) is 68.0 cm³/mol. The van der Waals surface area contributed by atoms with Crippen molar-refractivity contribution in [1.29, 1.82) is 0 Å². The van der Waals surface area contributed by atoms with Gasteiger partial charge in [0.05, 0.1) is 16.9 Å². The molecule has 2 aromatic heterocycles. The van der Waals surface area contributed by atoms with E-state index in [-0.39, 0.29) is 5.91 Å². The van der Waals surface area contributed by atoms with Crippen LogP contribution in [0.2, 0.25) is 0 Å². The Morgan fingerprint density at radius 2 is 2.47 bits per heavy atom. The molecule has 6 heteroatoms. The number of hydrogen-bond acceptors (Lipinski definition) is 4. The lowest BCUT2D eigenvalue weighted by Crippen LogP contribution is -2.27. The maximum Gasteiger partial charge on any atom is 0.267 e. The summed E-state index contributed by atoms with van der Waals surface area (Å²) in [6, 6.07) is 1.66. The molecule has 0 unspecified atom stereocenters. The lowest BCUT2D eigenvalue weighted by Gasteiger charge is -2.04. The van der Waals surface area contributed by atoms with Crippen molar-refractivity contribution in [2.24, 2.45) is 7.05 Å². The van der Waals surface area contributed by atoms with Gasteiger partial charge in [-0.05, 0) is 6.07 Å². The lowest BCUT2D eigenvalue weighted by atomic mass is 10.3. The Morgan fingerprint density at radius 1 is 1.65 bits per heavy atom. The van der Waals surface area contributed by atoms with Gasteiger partial charge in [0.15, 0.2) is 0 Å². The summed E-state index contributed by atoms with van der Waals surface area (Å²) >= 11 is 1.56. The number of carbonyl (C=O) groups excluding carboxylic acids is 1. The molecule has 17 heavy (non-hydrogen) atoms. The Bertz CT molecular complexity index is 504. The first-order chi connectivity index (χ1) is 8.16. The number of nitrogen functional groups attached to an aromatic ring is 1. The Morgan fingerprint density at radius 3 is 3.06 bits per heavy atom. The first-order valence-corrected chi connectivity index (χ1v) is 6.18. The van der Waals surface area contributed by atoms with Crippen LogP contribution in [-0.2, 0) is 13.5 Å². The molecule has 3 N–H and O–H groups in total. The first-order valence-electron chi connectivity index (χ1n) is 5.24. The van der Waals surface area contributed by atoms with Crippen molar-refractivity contribution in [3.8, 4) is 0 Å². The van der Waals surface area contributed by atoms with Gasteiger partial charge in [-0.1, -0.05) is 0 Å². The molecule has 0 aromatic carbocycles. The summed E-state index contributed by atoms with van der Waals surface area (Å²) in [6.45, 7) is 0.577. The van der Waals surface area contributed by atoms with Crippen LogP contribution >= 0.6 is 11.3 Å². The van der Waals surface area contributed by atoms with Gasteiger partial charge in [0.1, 0.15) is 5.69 Å². The van der Waals surface area contributed by atoms with Crippen LogP contribution < -0.4 is 11.1 Å². The molecule has 0 aliphatic heterocycles. The third-order valence-electron chi connectivity index (χ3n) is 2.41. The average Bonchev–Trinajstić information content (AvgIpc) is 2.88. The van der Waals surface area contributed by atoms with Crippen molar-refractivity contribution in [3.05, 3.63) is 34.5 Å². The first kappa shape index (κ1) is 11.7. The van der Waals surface area contributed by atoms with Crippen LogP contribution in [-0.4, -0.2) is 22.0 Å². The zero-order valence-corrected chi connectivity index (χ0v) is 10.3. The second kappa shape index (κ2) is 5.01. The van der Waals surface area contributed by atoms with Crippen LogP contribution in [0.3, 0.4) is 0 Å². The second-order valence-electron chi connectivity index (χ2n) is 3.76. The molecule has 0 spiro atoms. The van der Waals surface area contributed by atoms with E-state index < -0.39 is 0 Å². The van der Waals surface area contributed by atoms with Crippen molar-refractivity contribution >= 4 is 22.9 Å². The molecule has 0 bridgehead atoms. The summed E-state index contributed by atoms with van der Waals surface area (Å²) < 4.78 is 1.72. The van der Waals surface area contributed by atoms with E-state index in [0.29, 0.717) is 17.9 Å². The van der Waals surface area contributed by atoms with Crippen LogP contribution in [0.15, 0.2) is 23.2 Å². The summed E-state index contributed by atoms with van der Waals surface area (Å²) in [5.41, 5.74) is 9.57. The molecular weight excluding hydrogens is 236 g/mol. The Balaban J connectivity index is 1.87. The number of rotatable bonds is 4. The lowest BCUT2D eigenvalue weighted by molar-refractivity contribution is 0.0946. The van der Waals surface area contributed by atoms with E-state index in [4.69, 9.17) is 5.73 Å². The smallest absolute Gasteiger partial charge is 0.267 e. The summed E-state index contributed by atoms with van der Waals surface area (Å²) in [5, 5.41) is 4.82. The van der Waals surface area contributed by atoms with E-state index in [2.05, 4.69) is 10.3 Å². The number of aryl methyl sites for hydroxylation is 1. The summed E-state index contributed by atoms with van der Waals surface area (Å²) in [5.74, 6) is -0.112. The molecule has 0 saturated heterocycles.